The summed E-state index contributed by atoms with van der Waals surface area (Å²) in [6, 6.07) is 0. The molecule has 0 aromatic carbocycles. The summed E-state index contributed by atoms with van der Waals surface area (Å²) in [6.45, 7) is 1.57. The summed E-state index contributed by atoms with van der Waals surface area (Å²) < 4.78 is 27.2. The van der Waals surface area contributed by atoms with Crippen molar-refractivity contribution in [2.24, 2.45) is 5.73 Å². The zero-order valence-corrected chi connectivity index (χ0v) is 9.52. The van der Waals surface area contributed by atoms with Crippen LogP contribution in [0.1, 0.15) is 25.7 Å². The summed E-state index contributed by atoms with van der Waals surface area (Å²) >= 11 is 0. The molecule has 1 rings (SSSR count). The van der Waals surface area contributed by atoms with Crippen LogP contribution in [-0.4, -0.2) is 38.2 Å². The molecule has 0 atom stereocenters. The Balaban J connectivity index is 2.27. The Morgan fingerprint density at radius 1 is 1.40 bits per heavy atom. The van der Waals surface area contributed by atoms with Crippen LogP contribution in [0, 0.1) is 5.41 Å². The molecule has 6 nitrogen and oxygen atoms in total. The van der Waals surface area contributed by atoms with Gasteiger partial charge in [-0.15, -0.1) is 0 Å². The van der Waals surface area contributed by atoms with Crippen molar-refractivity contribution in [3.8, 4) is 0 Å². The summed E-state index contributed by atoms with van der Waals surface area (Å²) in [4.78, 5) is 0. The molecule has 0 bridgehead atoms. The summed E-state index contributed by atoms with van der Waals surface area (Å²) in [5.74, 6) is 0.0929. The lowest BCUT2D eigenvalue weighted by molar-refractivity contribution is 0.464. The van der Waals surface area contributed by atoms with Gasteiger partial charge in [0.15, 0.2) is 0 Å². The van der Waals surface area contributed by atoms with Gasteiger partial charge in [0.25, 0.3) is 10.2 Å². The molecule has 15 heavy (non-hydrogen) atoms. The minimum atomic E-state index is -3.29. The third kappa shape index (κ3) is 4.15. The van der Waals surface area contributed by atoms with Crippen molar-refractivity contribution in [1.29, 1.82) is 5.41 Å². The quantitative estimate of drug-likeness (QED) is 0.332. The predicted octanol–water partition coefficient (Wildman–Crippen LogP) is -0.367. The average molecular weight is 234 g/mol. The highest BCUT2D eigenvalue weighted by molar-refractivity contribution is 7.87. The van der Waals surface area contributed by atoms with Crippen LogP contribution >= 0.6 is 0 Å². The fraction of sp³-hybridized carbons (Fsp3) is 0.875. The Bertz CT molecular complexity index is 309. The van der Waals surface area contributed by atoms with Crippen molar-refractivity contribution in [3.63, 3.8) is 0 Å². The molecule has 0 spiro atoms. The number of rotatable bonds is 6. The molecule has 1 aliphatic heterocycles. The van der Waals surface area contributed by atoms with Crippen LogP contribution in [0.2, 0.25) is 0 Å². The molecule has 0 saturated carbocycles. The lowest BCUT2D eigenvalue weighted by Gasteiger charge is -2.15. The third-order valence-corrected chi connectivity index (χ3v) is 3.93. The zero-order chi connectivity index (χ0) is 11.3. The van der Waals surface area contributed by atoms with Gasteiger partial charge < -0.3 is 5.73 Å². The molecule has 0 amide bonds. The smallest absolute Gasteiger partial charge is 0.279 e. The summed E-state index contributed by atoms with van der Waals surface area (Å²) in [6.07, 6.45) is 2.88. The molecule has 0 aromatic rings. The van der Waals surface area contributed by atoms with E-state index < -0.39 is 10.2 Å². The molecule has 88 valence electrons. The van der Waals surface area contributed by atoms with E-state index in [0.29, 0.717) is 32.5 Å². The number of amidine groups is 1. The van der Waals surface area contributed by atoms with Gasteiger partial charge in [-0.1, -0.05) is 0 Å². The van der Waals surface area contributed by atoms with E-state index >= 15 is 0 Å². The van der Waals surface area contributed by atoms with Gasteiger partial charge in [-0.05, 0) is 19.3 Å². The second kappa shape index (κ2) is 5.43. The van der Waals surface area contributed by atoms with Crippen molar-refractivity contribution in [2.45, 2.75) is 25.7 Å². The van der Waals surface area contributed by atoms with E-state index in [-0.39, 0.29) is 5.84 Å². The van der Waals surface area contributed by atoms with Crippen LogP contribution in [0.4, 0.5) is 0 Å². The van der Waals surface area contributed by atoms with Gasteiger partial charge in [-0.3, -0.25) is 5.41 Å². The molecule has 4 N–H and O–H groups in total. The Hall–Kier alpha value is -0.660. The molecule has 1 aliphatic rings. The van der Waals surface area contributed by atoms with Gasteiger partial charge in [0.1, 0.15) is 0 Å². The van der Waals surface area contributed by atoms with Gasteiger partial charge in [-0.25, -0.2) is 4.72 Å². The van der Waals surface area contributed by atoms with E-state index in [2.05, 4.69) is 4.72 Å². The zero-order valence-electron chi connectivity index (χ0n) is 8.70. The highest BCUT2D eigenvalue weighted by Crippen LogP contribution is 2.10. The largest absolute Gasteiger partial charge is 0.388 e. The maximum Gasteiger partial charge on any atom is 0.279 e. The number of hydrogen-bond donors (Lipinski definition) is 3. The molecule has 0 aromatic heterocycles. The normalized spacial score (nSPS) is 18.1. The molecule has 1 fully saturated rings. The van der Waals surface area contributed by atoms with E-state index in [9.17, 15) is 8.42 Å². The molecule has 7 heteroatoms. The molecular weight excluding hydrogens is 216 g/mol. The maximum atomic E-state index is 11.6. The van der Waals surface area contributed by atoms with E-state index in [1.165, 1.54) is 4.31 Å². The molecular formula is C8H18N4O2S. The fourth-order valence-corrected chi connectivity index (χ4v) is 2.82. The minimum absolute atomic E-state index is 0.0929. The van der Waals surface area contributed by atoms with Gasteiger partial charge in [-0.2, -0.15) is 12.7 Å². The highest BCUT2D eigenvalue weighted by Gasteiger charge is 2.24. The van der Waals surface area contributed by atoms with Crippen molar-refractivity contribution in [1.82, 2.24) is 9.03 Å². The maximum absolute atomic E-state index is 11.6. The fourth-order valence-electron chi connectivity index (χ4n) is 1.50. The van der Waals surface area contributed by atoms with E-state index in [0.717, 1.165) is 12.8 Å². The number of nitrogens with one attached hydrogen (secondary N) is 2. The van der Waals surface area contributed by atoms with Crippen LogP contribution in [0.5, 0.6) is 0 Å². The summed E-state index contributed by atoms with van der Waals surface area (Å²) in [5.41, 5.74) is 5.16. The number of hydrogen-bond acceptors (Lipinski definition) is 3. The highest BCUT2D eigenvalue weighted by atomic mass is 32.2. The Morgan fingerprint density at radius 2 is 2.00 bits per heavy atom. The first-order chi connectivity index (χ1) is 7.02. The summed E-state index contributed by atoms with van der Waals surface area (Å²) in [5, 5.41) is 6.99. The number of nitrogens with zero attached hydrogens (tertiary/aromatic N) is 1. The Kier molecular flexibility index (Phi) is 4.49. The van der Waals surface area contributed by atoms with Crippen molar-refractivity contribution in [3.05, 3.63) is 0 Å². The van der Waals surface area contributed by atoms with Gasteiger partial charge in [0.2, 0.25) is 0 Å². The Labute approximate surface area is 90.5 Å². The Morgan fingerprint density at radius 3 is 2.53 bits per heavy atom. The minimum Gasteiger partial charge on any atom is -0.388 e. The van der Waals surface area contributed by atoms with Crippen molar-refractivity contribution < 1.29 is 8.42 Å². The first-order valence-electron chi connectivity index (χ1n) is 5.10. The predicted molar refractivity (Wildman–Crippen MR) is 58.9 cm³/mol. The lowest BCUT2D eigenvalue weighted by Crippen LogP contribution is -2.39. The second-order valence-corrected chi connectivity index (χ2v) is 5.39. The first kappa shape index (κ1) is 12.4. The van der Waals surface area contributed by atoms with E-state index in [1.807, 2.05) is 0 Å². The van der Waals surface area contributed by atoms with Crippen LogP contribution < -0.4 is 10.5 Å². The molecule has 0 aliphatic carbocycles. The molecule has 1 saturated heterocycles. The van der Waals surface area contributed by atoms with Crippen molar-refractivity contribution in [2.75, 3.05) is 19.6 Å². The van der Waals surface area contributed by atoms with Crippen LogP contribution in [0.3, 0.4) is 0 Å². The van der Waals surface area contributed by atoms with E-state index in [4.69, 9.17) is 11.1 Å². The van der Waals surface area contributed by atoms with Gasteiger partial charge in [0, 0.05) is 26.1 Å². The third-order valence-electron chi connectivity index (χ3n) is 2.31. The standard InChI is InChI=1S/C8H18N4O2S/c9-8(10)4-3-5-11-15(13,14)12-6-1-2-7-12/h11H,1-7H2,(H3,9,10). The molecule has 1 heterocycles. The van der Waals surface area contributed by atoms with Crippen LogP contribution in [-0.2, 0) is 10.2 Å². The van der Waals surface area contributed by atoms with Gasteiger partial charge >= 0.3 is 0 Å². The second-order valence-electron chi connectivity index (χ2n) is 3.63. The lowest BCUT2D eigenvalue weighted by atomic mass is 10.3. The average Bonchev–Trinajstić information content (AvgIpc) is 2.65. The SMILES string of the molecule is N=C(N)CCCNS(=O)(=O)N1CCCC1. The molecule has 0 radical (unpaired) electrons. The molecule has 0 unspecified atom stereocenters. The number of nitrogens with two attached hydrogens (primary N) is 1. The summed E-state index contributed by atoms with van der Waals surface area (Å²) in [7, 11) is -3.29. The van der Waals surface area contributed by atoms with Crippen molar-refractivity contribution >= 4 is 16.0 Å². The van der Waals surface area contributed by atoms with Gasteiger partial charge in [0.05, 0.1) is 5.84 Å². The first-order valence-corrected chi connectivity index (χ1v) is 6.54. The van der Waals surface area contributed by atoms with E-state index in [1.54, 1.807) is 0 Å². The van der Waals surface area contributed by atoms with Crippen LogP contribution in [0.25, 0.3) is 0 Å². The topological polar surface area (TPSA) is 99.3 Å². The van der Waals surface area contributed by atoms with Crippen LogP contribution in [0.15, 0.2) is 0 Å². The monoisotopic (exact) mass is 234 g/mol.